The third-order valence-corrected chi connectivity index (χ3v) is 5.41. The Morgan fingerprint density at radius 2 is 2.06 bits per heavy atom. The molecular weight excluding hydrogens is 248 g/mol. The molecule has 0 saturated carbocycles. The van der Waals surface area contributed by atoms with Crippen LogP contribution in [-0.4, -0.2) is 56.5 Å². The smallest absolute Gasteiger partial charge is 0.153 e. The minimum Gasteiger partial charge on any atom is -0.315 e. The zero-order chi connectivity index (χ0) is 13.6. The second-order valence-corrected chi connectivity index (χ2v) is 7.58. The maximum absolute atomic E-state index is 11.6. The van der Waals surface area contributed by atoms with Crippen LogP contribution in [0.1, 0.15) is 40.0 Å². The van der Waals surface area contributed by atoms with E-state index >= 15 is 0 Å². The predicted molar refractivity (Wildman–Crippen MR) is 76.7 cm³/mol. The molecule has 0 spiro atoms. The largest absolute Gasteiger partial charge is 0.315 e. The molecule has 1 aliphatic heterocycles. The molecule has 2 unspecified atom stereocenters. The Morgan fingerprint density at radius 1 is 1.33 bits per heavy atom. The highest BCUT2D eigenvalue weighted by molar-refractivity contribution is 7.91. The summed E-state index contributed by atoms with van der Waals surface area (Å²) in [5, 5.41) is 3.47. The minimum atomic E-state index is -2.80. The first-order valence-electron chi connectivity index (χ1n) is 7.17. The Balaban J connectivity index is 2.56. The van der Waals surface area contributed by atoms with Crippen LogP contribution < -0.4 is 5.32 Å². The first kappa shape index (κ1) is 15.9. The monoisotopic (exact) mass is 276 g/mol. The Kier molecular flexibility index (Phi) is 6.60. The lowest BCUT2D eigenvalue weighted by Gasteiger charge is -2.39. The second-order valence-electron chi connectivity index (χ2n) is 5.35. The highest BCUT2D eigenvalue weighted by Crippen LogP contribution is 2.17. The minimum absolute atomic E-state index is 0.156. The van der Waals surface area contributed by atoms with Crippen LogP contribution in [0.2, 0.25) is 0 Å². The third-order valence-electron chi connectivity index (χ3n) is 3.62. The molecule has 0 aliphatic carbocycles. The van der Waals surface area contributed by atoms with Crippen LogP contribution >= 0.6 is 0 Å². The van der Waals surface area contributed by atoms with Gasteiger partial charge < -0.3 is 5.32 Å². The molecule has 0 aromatic rings. The molecule has 0 aromatic carbocycles. The molecule has 0 aromatic heterocycles. The van der Waals surface area contributed by atoms with Gasteiger partial charge >= 0.3 is 0 Å². The lowest BCUT2D eigenvalue weighted by molar-refractivity contribution is 0.146. The number of nitrogens with one attached hydrogen (secondary N) is 1. The maximum Gasteiger partial charge on any atom is 0.153 e. The van der Waals surface area contributed by atoms with Crippen LogP contribution in [0.15, 0.2) is 0 Å². The fraction of sp³-hybridized carbons (Fsp3) is 1.00. The summed E-state index contributed by atoms with van der Waals surface area (Å²) in [6.45, 7) is 9.12. The summed E-state index contributed by atoms with van der Waals surface area (Å²) in [5.41, 5.74) is 0. The molecule has 1 aliphatic rings. The van der Waals surface area contributed by atoms with E-state index in [9.17, 15) is 8.42 Å². The van der Waals surface area contributed by atoms with Gasteiger partial charge in [0.15, 0.2) is 9.84 Å². The van der Waals surface area contributed by atoms with E-state index in [-0.39, 0.29) is 6.04 Å². The number of hydrogen-bond acceptors (Lipinski definition) is 4. The molecule has 108 valence electrons. The molecule has 1 N–H and O–H groups in total. The molecule has 2 atom stereocenters. The van der Waals surface area contributed by atoms with Crippen molar-refractivity contribution >= 4 is 9.84 Å². The van der Waals surface area contributed by atoms with Gasteiger partial charge in [0.05, 0.1) is 11.5 Å². The van der Waals surface area contributed by atoms with Gasteiger partial charge in [0, 0.05) is 25.2 Å². The van der Waals surface area contributed by atoms with Crippen LogP contribution in [0.3, 0.4) is 0 Å². The maximum atomic E-state index is 11.6. The van der Waals surface area contributed by atoms with Gasteiger partial charge in [-0.25, -0.2) is 8.42 Å². The van der Waals surface area contributed by atoms with Crippen LogP contribution in [-0.2, 0) is 9.84 Å². The van der Waals surface area contributed by atoms with Gasteiger partial charge in [-0.15, -0.1) is 0 Å². The summed E-state index contributed by atoms with van der Waals surface area (Å²) in [6.07, 6.45) is 3.43. The molecule has 0 amide bonds. The van der Waals surface area contributed by atoms with Crippen molar-refractivity contribution in [2.45, 2.75) is 52.1 Å². The van der Waals surface area contributed by atoms with Gasteiger partial charge in [-0.3, -0.25) is 4.90 Å². The van der Waals surface area contributed by atoms with E-state index in [2.05, 4.69) is 24.1 Å². The second kappa shape index (κ2) is 7.46. The average Bonchev–Trinajstić information content (AvgIpc) is 2.27. The van der Waals surface area contributed by atoms with Crippen LogP contribution in [0.25, 0.3) is 0 Å². The van der Waals surface area contributed by atoms with E-state index < -0.39 is 9.84 Å². The zero-order valence-corrected chi connectivity index (χ0v) is 12.8. The van der Waals surface area contributed by atoms with Gasteiger partial charge in [-0.1, -0.05) is 20.3 Å². The van der Waals surface area contributed by atoms with Gasteiger partial charge in [0.1, 0.15) is 0 Å². The Labute approximate surface area is 112 Å². The van der Waals surface area contributed by atoms with Crippen molar-refractivity contribution < 1.29 is 8.42 Å². The highest BCUT2D eigenvalue weighted by Gasteiger charge is 2.31. The molecule has 5 heteroatoms. The number of nitrogens with zero attached hydrogens (tertiary/aromatic N) is 1. The molecule has 18 heavy (non-hydrogen) atoms. The molecule has 1 saturated heterocycles. The summed E-state index contributed by atoms with van der Waals surface area (Å²) in [6, 6.07) is 0.635. The number of rotatable bonds is 7. The average molecular weight is 276 g/mol. The van der Waals surface area contributed by atoms with Gasteiger partial charge in [-0.05, 0) is 26.3 Å². The Morgan fingerprint density at radius 3 is 2.61 bits per heavy atom. The fourth-order valence-corrected chi connectivity index (χ4v) is 4.30. The van der Waals surface area contributed by atoms with Crippen molar-refractivity contribution in [3.8, 4) is 0 Å². The molecule has 1 rings (SSSR count). The summed E-state index contributed by atoms with van der Waals surface area (Å²) < 4.78 is 23.2. The van der Waals surface area contributed by atoms with E-state index in [0.29, 0.717) is 24.1 Å². The van der Waals surface area contributed by atoms with Crippen molar-refractivity contribution in [1.29, 1.82) is 0 Å². The van der Waals surface area contributed by atoms with Crippen molar-refractivity contribution in [3.63, 3.8) is 0 Å². The predicted octanol–water partition coefficient (Wildman–Crippen LogP) is 1.27. The molecule has 1 heterocycles. The topological polar surface area (TPSA) is 49.4 Å². The Hall–Kier alpha value is -0.130. The first-order valence-corrected chi connectivity index (χ1v) is 8.99. The highest BCUT2D eigenvalue weighted by atomic mass is 32.2. The number of sulfone groups is 1. The molecular formula is C13H28N2O2S. The summed E-state index contributed by atoms with van der Waals surface area (Å²) in [7, 11) is -2.80. The SMILES string of the molecule is CCCNCC(CCC)N1CCS(=O)(=O)CC1C. The molecule has 4 nitrogen and oxygen atoms in total. The summed E-state index contributed by atoms with van der Waals surface area (Å²) >= 11 is 0. The standard InChI is InChI=1S/C13H28N2O2S/c1-4-6-13(10-14-7-5-2)15-8-9-18(16,17)11-12(15)3/h12-14H,4-11H2,1-3H3. The summed E-state index contributed by atoms with van der Waals surface area (Å²) in [4.78, 5) is 2.38. The fourth-order valence-electron chi connectivity index (χ4n) is 2.72. The van der Waals surface area contributed by atoms with Crippen LogP contribution in [0.4, 0.5) is 0 Å². The van der Waals surface area contributed by atoms with E-state index in [0.717, 1.165) is 32.4 Å². The van der Waals surface area contributed by atoms with Gasteiger partial charge in [0.2, 0.25) is 0 Å². The van der Waals surface area contributed by atoms with Crippen LogP contribution in [0.5, 0.6) is 0 Å². The first-order chi connectivity index (χ1) is 8.50. The molecule has 0 radical (unpaired) electrons. The lowest BCUT2D eigenvalue weighted by Crippen LogP contribution is -2.54. The lowest BCUT2D eigenvalue weighted by atomic mass is 10.1. The molecule has 1 fully saturated rings. The van der Waals surface area contributed by atoms with E-state index in [1.54, 1.807) is 0 Å². The van der Waals surface area contributed by atoms with Crippen molar-refractivity contribution in [2.24, 2.45) is 0 Å². The van der Waals surface area contributed by atoms with Crippen molar-refractivity contribution in [2.75, 3.05) is 31.1 Å². The quantitative estimate of drug-likeness (QED) is 0.712. The van der Waals surface area contributed by atoms with E-state index in [1.807, 2.05) is 6.92 Å². The molecule has 0 bridgehead atoms. The van der Waals surface area contributed by atoms with E-state index in [1.165, 1.54) is 0 Å². The normalized spacial score (nSPS) is 26.1. The van der Waals surface area contributed by atoms with Crippen molar-refractivity contribution in [3.05, 3.63) is 0 Å². The van der Waals surface area contributed by atoms with Gasteiger partial charge in [0.25, 0.3) is 0 Å². The van der Waals surface area contributed by atoms with E-state index in [4.69, 9.17) is 0 Å². The van der Waals surface area contributed by atoms with Gasteiger partial charge in [-0.2, -0.15) is 0 Å². The van der Waals surface area contributed by atoms with Crippen LogP contribution in [0, 0.1) is 0 Å². The Bertz CT molecular complexity index is 330. The number of hydrogen-bond donors (Lipinski definition) is 1. The zero-order valence-electron chi connectivity index (χ0n) is 12.0. The summed E-state index contributed by atoms with van der Waals surface area (Å²) in [5.74, 6) is 0.645. The third kappa shape index (κ3) is 4.86. The van der Waals surface area contributed by atoms with Crippen molar-refractivity contribution in [1.82, 2.24) is 10.2 Å².